The Kier molecular flexibility index (Phi) is 8.00. The van der Waals surface area contributed by atoms with Gasteiger partial charge in [-0.05, 0) is 63.6 Å². The lowest BCUT2D eigenvalue weighted by molar-refractivity contribution is 0.0240. The van der Waals surface area contributed by atoms with Crippen LogP contribution in [0.5, 0.6) is 0 Å². The molecule has 43 heavy (non-hydrogen) atoms. The molecule has 0 radical (unpaired) electrons. The molecule has 11 nitrogen and oxygen atoms in total. The van der Waals surface area contributed by atoms with Crippen LogP contribution in [0.3, 0.4) is 0 Å². The number of carbonyl (C=O) groups is 2. The van der Waals surface area contributed by atoms with Crippen LogP contribution in [-0.2, 0) is 10.2 Å². The van der Waals surface area contributed by atoms with Crippen molar-refractivity contribution in [3.8, 4) is 16.9 Å². The number of amides is 2. The molecule has 1 N–H and O–H groups in total. The molecule has 11 heteroatoms. The van der Waals surface area contributed by atoms with Crippen molar-refractivity contribution >= 4 is 23.4 Å². The number of hydrogen-bond acceptors (Lipinski definition) is 8. The molecule has 226 valence electrons. The van der Waals surface area contributed by atoms with Crippen LogP contribution >= 0.6 is 0 Å². The Morgan fingerprint density at radius 1 is 0.953 bits per heavy atom. The number of nitrogens with one attached hydrogen (secondary N) is 1. The van der Waals surface area contributed by atoms with E-state index in [2.05, 4.69) is 25.5 Å². The van der Waals surface area contributed by atoms with Crippen molar-refractivity contribution in [2.45, 2.75) is 59.5 Å². The van der Waals surface area contributed by atoms with Crippen LogP contribution in [0, 0.1) is 6.92 Å². The smallest absolute Gasteiger partial charge is 0.410 e. The Labute approximate surface area is 251 Å². The number of furan rings is 1. The number of nitrogens with zero attached hydrogens (tertiary/aromatic N) is 6. The number of carbonyl (C=O) groups excluding carboxylic acids is 2. The first kappa shape index (κ1) is 29.8. The van der Waals surface area contributed by atoms with E-state index in [0.29, 0.717) is 37.6 Å². The lowest BCUT2D eigenvalue weighted by Gasteiger charge is -2.36. The van der Waals surface area contributed by atoms with E-state index < -0.39 is 5.60 Å². The summed E-state index contributed by atoms with van der Waals surface area (Å²) in [5.74, 6) is 0.687. The van der Waals surface area contributed by atoms with E-state index in [0.717, 1.165) is 28.3 Å². The number of aryl methyl sites for hydroxylation is 1. The molecule has 1 aliphatic rings. The van der Waals surface area contributed by atoms with E-state index >= 15 is 0 Å². The van der Waals surface area contributed by atoms with Gasteiger partial charge in [0, 0.05) is 49.0 Å². The molecule has 3 aromatic heterocycles. The average Bonchev–Trinajstić information content (AvgIpc) is 3.64. The van der Waals surface area contributed by atoms with Gasteiger partial charge < -0.3 is 24.3 Å². The predicted octanol–water partition coefficient (Wildman–Crippen LogP) is 5.84. The van der Waals surface area contributed by atoms with Crippen LogP contribution in [0.1, 0.15) is 63.4 Å². The summed E-state index contributed by atoms with van der Waals surface area (Å²) in [7, 11) is 0. The van der Waals surface area contributed by atoms with Gasteiger partial charge in [0.2, 0.25) is 0 Å². The fourth-order valence-corrected chi connectivity index (χ4v) is 4.72. The molecule has 0 atom stereocenters. The molecule has 0 spiro atoms. The highest BCUT2D eigenvalue weighted by atomic mass is 16.6. The van der Waals surface area contributed by atoms with E-state index in [4.69, 9.17) is 9.15 Å². The highest BCUT2D eigenvalue weighted by Crippen LogP contribution is 2.27. The number of ether oxygens (including phenoxy) is 1. The van der Waals surface area contributed by atoms with E-state index in [1.165, 1.54) is 0 Å². The molecule has 5 rings (SSSR count). The van der Waals surface area contributed by atoms with E-state index in [1.807, 2.05) is 91.2 Å². The number of benzene rings is 1. The Morgan fingerprint density at radius 3 is 2.37 bits per heavy atom. The molecule has 4 heterocycles. The van der Waals surface area contributed by atoms with E-state index in [1.54, 1.807) is 21.8 Å². The fourth-order valence-electron chi connectivity index (χ4n) is 4.72. The van der Waals surface area contributed by atoms with Gasteiger partial charge in [-0.25, -0.2) is 9.48 Å². The first-order chi connectivity index (χ1) is 20.3. The second-order valence-electron chi connectivity index (χ2n) is 12.8. The molecule has 1 aliphatic heterocycles. The second kappa shape index (κ2) is 11.5. The summed E-state index contributed by atoms with van der Waals surface area (Å²) in [5.41, 5.74) is 4.11. The Balaban J connectivity index is 1.28. The monoisotopic (exact) mass is 585 g/mol. The fraction of sp³-hybridized carbons (Fsp3) is 0.406. The summed E-state index contributed by atoms with van der Waals surface area (Å²) in [6.45, 7) is 16.2. The molecule has 0 bridgehead atoms. The Morgan fingerprint density at radius 2 is 1.70 bits per heavy atom. The standard InChI is InChI=1S/C32H39N7O4/c1-21-8-9-23(34-29(40)27-10-11-28(42-27)31(2,3)4)17-26(21)39-20-25(35-36-39)22-16-24(19-33-18-22)37-12-14-38(15-13-37)30(41)43-32(5,6)7/h8-11,16-20H,12-15H2,1-7H3,(H,34,40). The maximum atomic E-state index is 12.9. The maximum Gasteiger partial charge on any atom is 0.410 e. The quantitative estimate of drug-likeness (QED) is 0.310. The van der Waals surface area contributed by atoms with Crippen molar-refractivity contribution in [3.05, 3.63) is 72.1 Å². The minimum Gasteiger partial charge on any atom is -0.455 e. The van der Waals surface area contributed by atoms with Gasteiger partial charge in [-0.1, -0.05) is 32.1 Å². The highest BCUT2D eigenvalue weighted by molar-refractivity contribution is 6.02. The van der Waals surface area contributed by atoms with Gasteiger partial charge in [-0.2, -0.15) is 0 Å². The zero-order chi connectivity index (χ0) is 30.9. The summed E-state index contributed by atoms with van der Waals surface area (Å²) in [5, 5.41) is 11.7. The van der Waals surface area contributed by atoms with E-state index in [9.17, 15) is 9.59 Å². The Hall–Kier alpha value is -4.67. The third-order valence-corrected chi connectivity index (χ3v) is 7.09. The molecule has 4 aromatic rings. The largest absolute Gasteiger partial charge is 0.455 e. The summed E-state index contributed by atoms with van der Waals surface area (Å²) >= 11 is 0. The number of pyridine rings is 1. The average molecular weight is 586 g/mol. The minimum absolute atomic E-state index is 0.188. The normalized spacial score (nSPS) is 14.1. The van der Waals surface area contributed by atoms with Gasteiger partial charge in [-0.15, -0.1) is 5.10 Å². The molecule has 1 saturated heterocycles. The lowest BCUT2D eigenvalue weighted by atomic mass is 9.94. The summed E-state index contributed by atoms with van der Waals surface area (Å²) in [4.78, 5) is 33.7. The van der Waals surface area contributed by atoms with Crippen molar-refractivity contribution in [2.75, 3.05) is 36.4 Å². The SMILES string of the molecule is Cc1ccc(NC(=O)c2ccc(C(C)(C)C)o2)cc1-n1cc(-c2cncc(N3CCN(C(=O)OC(C)(C)C)CC3)c2)nn1. The topological polar surface area (TPSA) is 119 Å². The first-order valence-electron chi connectivity index (χ1n) is 14.4. The van der Waals surface area contributed by atoms with Crippen LogP contribution in [0.25, 0.3) is 16.9 Å². The molecular formula is C32H39N7O4. The van der Waals surface area contributed by atoms with Gasteiger partial charge in [0.25, 0.3) is 5.91 Å². The molecule has 1 aromatic carbocycles. The van der Waals surface area contributed by atoms with Gasteiger partial charge in [-0.3, -0.25) is 9.78 Å². The van der Waals surface area contributed by atoms with Crippen molar-refractivity contribution in [1.82, 2.24) is 24.9 Å². The zero-order valence-electron chi connectivity index (χ0n) is 25.8. The first-order valence-corrected chi connectivity index (χ1v) is 14.4. The zero-order valence-corrected chi connectivity index (χ0v) is 25.8. The number of hydrogen-bond donors (Lipinski definition) is 1. The van der Waals surface area contributed by atoms with Crippen LogP contribution < -0.4 is 10.2 Å². The number of anilines is 2. The van der Waals surface area contributed by atoms with E-state index in [-0.39, 0.29) is 23.2 Å². The van der Waals surface area contributed by atoms with Gasteiger partial charge in [0.15, 0.2) is 5.76 Å². The maximum absolute atomic E-state index is 12.9. The molecule has 1 fully saturated rings. The highest BCUT2D eigenvalue weighted by Gasteiger charge is 2.26. The molecular weight excluding hydrogens is 546 g/mol. The lowest BCUT2D eigenvalue weighted by Crippen LogP contribution is -2.50. The second-order valence-corrected chi connectivity index (χ2v) is 12.8. The van der Waals surface area contributed by atoms with Crippen LogP contribution in [0.15, 0.2) is 59.4 Å². The third kappa shape index (κ3) is 7.04. The minimum atomic E-state index is -0.520. The van der Waals surface area contributed by atoms with Gasteiger partial charge in [0.05, 0.1) is 23.8 Å². The van der Waals surface area contributed by atoms with Crippen molar-refractivity contribution in [2.24, 2.45) is 0 Å². The summed E-state index contributed by atoms with van der Waals surface area (Å²) in [6.07, 6.45) is 5.13. The summed E-state index contributed by atoms with van der Waals surface area (Å²) < 4.78 is 13.0. The summed E-state index contributed by atoms with van der Waals surface area (Å²) in [6, 6.07) is 11.2. The van der Waals surface area contributed by atoms with Crippen LogP contribution in [-0.4, -0.2) is 68.7 Å². The van der Waals surface area contributed by atoms with Crippen molar-refractivity contribution in [1.29, 1.82) is 0 Å². The Bertz CT molecular complexity index is 1620. The van der Waals surface area contributed by atoms with Crippen molar-refractivity contribution in [3.63, 3.8) is 0 Å². The predicted molar refractivity (Wildman–Crippen MR) is 165 cm³/mol. The number of aromatic nitrogens is 4. The molecule has 0 unspecified atom stereocenters. The number of piperazine rings is 1. The van der Waals surface area contributed by atoms with Gasteiger partial charge in [0.1, 0.15) is 17.1 Å². The third-order valence-electron chi connectivity index (χ3n) is 7.09. The van der Waals surface area contributed by atoms with Crippen molar-refractivity contribution < 1.29 is 18.7 Å². The molecule has 2 amide bonds. The van der Waals surface area contributed by atoms with Crippen LogP contribution in [0.4, 0.5) is 16.2 Å². The molecule has 0 saturated carbocycles. The molecule has 0 aliphatic carbocycles. The number of rotatable bonds is 5. The van der Waals surface area contributed by atoms with Gasteiger partial charge >= 0.3 is 6.09 Å². The van der Waals surface area contributed by atoms with Crippen LogP contribution in [0.2, 0.25) is 0 Å².